The van der Waals surface area contributed by atoms with Gasteiger partial charge in [0.15, 0.2) is 5.78 Å². The normalized spacial score (nSPS) is 11.0. The summed E-state index contributed by atoms with van der Waals surface area (Å²) < 4.78 is 0.724. The average molecular weight is 341 g/mol. The third kappa shape index (κ3) is 2.53. The number of thiophene rings is 1. The van der Waals surface area contributed by atoms with Gasteiger partial charge in [-0.05, 0) is 24.3 Å². The Bertz CT molecular complexity index is 987. The number of nitrogens with one attached hydrogen (secondary N) is 2. The van der Waals surface area contributed by atoms with E-state index in [4.69, 9.17) is 23.2 Å². The zero-order valence-corrected chi connectivity index (χ0v) is 12.5. The number of hydrogen-bond acceptors (Lipinski definition) is 4. The predicted octanol–water partition coefficient (Wildman–Crippen LogP) is 2.82. The second-order valence-corrected chi connectivity index (χ2v) is 6.52. The van der Waals surface area contributed by atoms with Gasteiger partial charge in [0.2, 0.25) is 0 Å². The number of hydrogen-bond donors (Lipinski definition) is 2. The summed E-state index contributed by atoms with van der Waals surface area (Å²) in [6.07, 6.45) is 0. The van der Waals surface area contributed by atoms with Crippen LogP contribution in [0.5, 0.6) is 0 Å². The first kappa shape index (κ1) is 14.1. The lowest BCUT2D eigenvalue weighted by Gasteiger charge is -2.02. The van der Waals surface area contributed by atoms with Gasteiger partial charge >= 0.3 is 11.1 Å². The molecule has 0 aliphatic heterocycles. The van der Waals surface area contributed by atoms with E-state index in [1.54, 1.807) is 12.1 Å². The van der Waals surface area contributed by atoms with Crippen molar-refractivity contribution in [2.75, 3.05) is 0 Å². The van der Waals surface area contributed by atoms with E-state index in [1.807, 2.05) is 0 Å². The highest BCUT2D eigenvalue weighted by Gasteiger charge is 2.16. The number of halogens is 2. The zero-order chi connectivity index (χ0) is 15.1. The second kappa shape index (κ2) is 5.14. The number of aromatic nitrogens is 2. The van der Waals surface area contributed by atoms with Crippen LogP contribution in [0.25, 0.3) is 11.0 Å². The summed E-state index contributed by atoms with van der Waals surface area (Å²) in [4.78, 5) is 39.8. The van der Waals surface area contributed by atoms with E-state index in [1.165, 1.54) is 12.1 Å². The highest BCUT2D eigenvalue weighted by molar-refractivity contribution is 7.20. The quantitative estimate of drug-likeness (QED) is 0.555. The molecule has 8 heteroatoms. The molecule has 0 saturated carbocycles. The van der Waals surface area contributed by atoms with Crippen molar-refractivity contribution in [3.63, 3.8) is 0 Å². The first-order chi connectivity index (χ1) is 9.95. The van der Waals surface area contributed by atoms with Crippen LogP contribution in [0.3, 0.4) is 0 Å². The second-order valence-electron chi connectivity index (χ2n) is 4.24. The van der Waals surface area contributed by atoms with Crippen molar-refractivity contribution in [1.29, 1.82) is 0 Å². The van der Waals surface area contributed by atoms with Gasteiger partial charge in [-0.1, -0.05) is 23.2 Å². The highest BCUT2D eigenvalue weighted by atomic mass is 35.5. The van der Waals surface area contributed by atoms with E-state index in [0.29, 0.717) is 30.8 Å². The maximum atomic E-state index is 12.4. The molecule has 0 saturated heterocycles. The van der Waals surface area contributed by atoms with Crippen molar-refractivity contribution in [3.05, 3.63) is 64.8 Å². The van der Waals surface area contributed by atoms with Gasteiger partial charge < -0.3 is 9.97 Å². The Labute approximate surface area is 131 Å². The van der Waals surface area contributed by atoms with Crippen LogP contribution in [0.1, 0.15) is 15.9 Å². The van der Waals surface area contributed by atoms with E-state index in [9.17, 15) is 14.4 Å². The summed E-state index contributed by atoms with van der Waals surface area (Å²) in [5.74, 6) is -0.308. The number of H-pyrrole nitrogens is 2. The maximum absolute atomic E-state index is 12.4. The van der Waals surface area contributed by atoms with Crippen molar-refractivity contribution in [2.24, 2.45) is 0 Å². The number of rotatable bonds is 2. The van der Waals surface area contributed by atoms with Gasteiger partial charge in [-0.15, -0.1) is 11.3 Å². The maximum Gasteiger partial charge on any atom is 0.314 e. The number of carbonyl (C=O) groups is 1. The van der Waals surface area contributed by atoms with Crippen LogP contribution >= 0.6 is 34.5 Å². The summed E-state index contributed by atoms with van der Waals surface area (Å²) in [6, 6.07) is 6.07. The van der Waals surface area contributed by atoms with Crippen molar-refractivity contribution in [1.82, 2.24) is 9.97 Å². The SMILES string of the molecule is O=C(c1ccc2[nH]c(=O)c(=O)[nH]c2c1)c1cc(Cl)sc1Cl. The van der Waals surface area contributed by atoms with Crippen LogP contribution in [-0.4, -0.2) is 15.8 Å². The predicted molar refractivity (Wildman–Crippen MR) is 83.0 cm³/mol. The summed E-state index contributed by atoms with van der Waals surface area (Å²) in [5.41, 5.74) is -0.0780. The lowest BCUT2D eigenvalue weighted by molar-refractivity contribution is 0.103. The van der Waals surface area contributed by atoms with E-state index < -0.39 is 11.1 Å². The van der Waals surface area contributed by atoms with E-state index in [2.05, 4.69) is 9.97 Å². The standard InChI is InChI=1S/C13H6Cl2N2O3S/c14-9-4-6(11(15)21-9)10(18)5-1-2-7-8(3-5)17-13(20)12(19)16-7/h1-4H,(H,16,19)(H,17,20). The fraction of sp³-hybridized carbons (Fsp3) is 0. The number of carbonyl (C=O) groups excluding carboxylic acids is 1. The van der Waals surface area contributed by atoms with Crippen LogP contribution in [0, 0.1) is 0 Å². The molecule has 1 aromatic carbocycles. The summed E-state index contributed by atoms with van der Waals surface area (Å²) in [6.45, 7) is 0. The Balaban J connectivity index is 2.15. The van der Waals surface area contributed by atoms with Gasteiger partial charge in [-0.2, -0.15) is 0 Å². The Hall–Kier alpha value is -1.89. The van der Waals surface area contributed by atoms with E-state index in [-0.39, 0.29) is 5.78 Å². The monoisotopic (exact) mass is 340 g/mol. The molecule has 0 bridgehead atoms. The average Bonchev–Trinajstić information content (AvgIpc) is 2.78. The number of aromatic amines is 2. The molecule has 0 radical (unpaired) electrons. The Morgan fingerprint density at radius 2 is 1.67 bits per heavy atom. The fourth-order valence-corrected chi connectivity index (χ4v) is 3.36. The molecule has 0 aliphatic carbocycles. The van der Waals surface area contributed by atoms with Crippen molar-refractivity contribution in [2.45, 2.75) is 0 Å². The third-order valence-electron chi connectivity index (χ3n) is 2.89. The number of fused-ring (bicyclic) bond motifs is 1. The third-order valence-corrected chi connectivity index (χ3v) is 4.37. The summed E-state index contributed by atoms with van der Waals surface area (Å²) >= 11 is 12.9. The first-order valence-corrected chi connectivity index (χ1v) is 7.29. The molecule has 106 valence electrons. The molecule has 2 heterocycles. The van der Waals surface area contributed by atoms with Crippen LogP contribution < -0.4 is 11.1 Å². The molecular formula is C13H6Cl2N2O3S. The van der Waals surface area contributed by atoms with Crippen LogP contribution in [0.4, 0.5) is 0 Å². The van der Waals surface area contributed by atoms with Crippen LogP contribution in [0.2, 0.25) is 8.67 Å². The van der Waals surface area contributed by atoms with Gasteiger partial charge in [-0.3, -0.25) is 14.4 Å². The lowest BCUT2D eigenvalue weighted by Crippen LogP contribution is -2.28. The van der Waals surface area contributed by atoms with Crippen molar-refractivity contribution in [3.8, 4) is 0 Å². The van der Waals surface area contributed by atoms with Gasteiger partial charge in [-0.25, -0.2) is 0 Å². The van der Waals surface area contributed by atoms with Crippen molar-refractivity contribution < 1.29 is 4.79 Å². The Kier molecular flexibility index (Phi) is 3.44. The first-order valence-electron chi connectivity index (χ1n) is 5.71. The molecule has 3 rings (SSSR count). The minimum Gasteiger partial charge on any atom is -0.316 e. The van der Waals surface area contributed by atoms with Gasteiger partial charge in [0.05, 0.1) is 20.9 Å². The topological polar surface area (TPSA) is 82.8 Å². The molecule has 0 atom stereocenters. The molecule has 5 nitrogen and oxygen atoms in total. The zero-order valence-electron chi connectivity index (χ0n) is 10.2. The number of ketones is 1. The highest BCUT2D eigenvalue weighted by Crippen LogP contribution is 2.32. The minimum absolute atomic E-state index is 0.304. The molecule has 2 N–H and O–H groups in total. The summed E-state index contributed by atoms with van der Waals surface area (Å²) in [7, 11) is 0. The number of benzene rings is 1. The van der Waals surface area contributed by atoms with E-state index in [0.717, 1.165) is 11.3 Å². The Morgan fingerprint density at radius 1 is 1.00 bits per heavy atom. The molecule has 21 heavy (non-hydrogen) atoms. The van der Waals surface area contributed by atoms with Gasteiger partial charge in [0, 0.05) is 5.56 Å². The molecule has 0 aliphatic rings. The minimum atomic E-state index is -0.774. The molecule has 2 aromatic heterocycles. The molecule has 0 amide bonds. The molecule has 0 unspecified atom stereocenters. The molecule has 0 fully saturated rings. The fourth-order valence-electron chi connectivity index (χ4n) is 1.91. The Morgan fingerprint density at radius 3 is 2.29 bits per heavy atom. The van der Waals surface area contributed by atoms with Crippen LogP contribution in [-0.2, 0) is 0 Å². The lowest BCUT2D eigenvalue weighted by atomic mass is 10.1. The van der Waals surface area contributed by atoms with E-state index >= 15 is 0 Å². The largest absolute Gasteiger partial charge is 0.316 e. The molecule has 0 spiro atoms. The smallest absolute Gasteiger partial charge is 0.314 e. The van der Waals surface area contributed by atoms with Crippen molar-refractivity contribution >= 4 is 51.4 Å². The molecular weight excluding hydrogens is 335 g/mol. The summed E-state index contributed by atoms with van der Waals surface area (Å²) in [5, 5.41) is 0. The molecule has 3 aromatic rings. The van der Waals surface area contributed by atoms with Gasteiger partial charge in [0.25, 0.3) is 0 Å². The van der Waals surface area contributed by atoms with Gasteiger partial charge in [0.1, 0.15) is 4.34 Å². The van der Waals surface area contributed by atoms with Crippen LogP contribution in [0.15, 0.2) is 33.9 Å².